The van der Waals surface area contributed by atoms with Crippen LogP contribution in [0.3, 0.4) is 0 Å². The first kappa shape index (κ1) is 58.5. The van der Waals surface area contributed by atoms with Crippen LogP contribution in [0.1, 0.15) is 138 Å². The number of carbonyl (C=O) groups is 3. The van der Waals surface area contributed by atoms with E-state index in [1.54, 1.807) is 12.1 Å². The molecule has 3 saturated heterocycles. The van der Waals surface area contributed by atoms with Gasteiger partial charge in [-0.1, -0.05) is 25.6 Å². The smallest absolute Gasteiger partial charge is 0.478 e. The Morgan fingerprint density at radius 3 is 1.00 bits per heavy atom. The van der Waals surface area contributed by atoms with Gasteiger partial charge in [-0.25, -0.2) is 22.8 Å². The van der Waals surface area contributed by atoms with Gasteiger partial charge in [-0.05, 0) is 130 Å². The number of hydrogen-bond donors (Lipinski definition) is 1. The van der Waals surface area contributed by atoms with Crippen molar-refractivity contribution in [3.8, 4) is 0 Å². The van der Waals surface area contributed by atoms with Crippen LogP contribution in [0.5, 0.6) is 0 Å². The molecule has 0 aromatic heterocycles. The average Bonchev–Trinajstić information content (AvgIpc) is 3.66. The number of aromatic carboxylic acids is 1. The van der Waals surface area contributed by atoms with Gasteiger partial charge in [0.15, 0.2) is 0 Å². The van der Waals surface area contributed by atoms with Gasteiger partial charge in [-0.2, -0.15) is 0 Å². The second kappa shape index (κ2) is 22.1. The number of carbonyl (C=O) groups excluding carboxylic acids is 2. The highest BCUT2D eigenvalue weighted by Gasteiger charge is 2.55. The third-order valence-corrected chi connectivity index (χ3v) is 13.2. The molecule has 3 aromatic rings. The predicted octanol–water partition coefficient (Wildman–Crippen LogP) is 7.31. The zero-order chi connectivity index (χ0) is 50.8. The van der Waals surface area contributed by atoms with Crippen LogP contribution in [0.25, 0.3) is 0 Å². The summed E-state index contributed by atoms with van der Waals surface area (Å²) in [5.74, 6) is -4.36. The fourth-order valence-corrected chi connectivity index (χ4v) is 7.12. The van der Waals surface area contributed by atoms with Crippen LogP contribution in [0.4, 0.5) is 13.2 Å². The highest BCUT2D eigenvalue weighted by molar-refractivity contribution is 6.68. The number of carboxylic acids is 1. The molecule has 0 amide bonds. The summed E-state index contributed by atoms with van der Waals surface area (Å²) in [7, 11) is 2.89. The second-order valence-electron chi connectivity index (χ2n) is 19.1. The lowest BCUT2D eigenvalue weighted by molar-refractivity contribution is 0.00578. The molecule has 3 heterocycles. The van der Waals surface area contributed by atoms with Gasteiger partial charge in [0, 0.05) is 37.7 Å². The Morgan fingerprint density at radius 1 is 0.500 bits per heavy atom. The van der Waals surface area contributed by atoms with Gasteiger partial charge in [-0.15, -0.1) is 0 Å². The van der Waals surface area contributed by atoms with Crippen molar-refractivity contribution in [3.05, 3.63) is 87.2 Å². The molecule has 0 radical (unpaired) electrons. The van der Waals surface area contributed by atoms with Crippen LogP contribution in [0.2, 0.25) is 0 Å². The quantitative estimate of drug-likeness (QED) is 0.109. The number of carboxylic acid groups (broad SMARTS) is 1. The molecule has 3 aliphatic heterocycles. The number of halogens is 4. The minimum Gasteiger partial charge on any atom is -0.478 e. The summed E-state index contributed by atoms with van der Waals surface area (Å²) < 4.78 is 99.5. The second-order valence-corrected chi connectivity index (χ2v) is 19.5. The first-order chi connectivity index (χ1) is 30.9. The molecule has 0 bridgehead atoms. The molecule has 0 saturated carbocycles. The minimum absolute atomic E-state index is 0. The zero-order valence-corrected chi connectivity index (χ0v) is 41.8. The average molecular weight is 979 g/mol. The number of esters is 1. The molecule has 3 aromatic carbocycles. The molecule has 1 N–H and O–H groups in total. The minimum atomic E-state index is -1.33. The van der Waals surface area contributed by atoms with Crippen LogP contribution in [-0.4, -0.2) is 106 Å². The maximum atomic E-state index is 14.9. The van der Waals surface area contributed by atoms with E-state index in [2.05, 4.69) is 4.74 Å². The number of methoxy groups -OCH3 is 4. The summed E-state index contributed by atoms with van der Waals surface area (Å²) in [6, 6.07) is 8.69. The van der Waals surface area contributed by atoms with Crippen molar-refractivity contribution in [3.63, 3.8) is 0 Å². The first-order valence-corrected chi connectivity index (χ1v) is 21.7. The molecule has 0 spiro atoms. The topological polar surface area (TPSA) is 164 Å². The molecule has 3 fully saturated rings. The van der Waals surface area contributed by atoms with Gasteiger partial charge < -0.3 is 52.0 Å². The lowest BCUT2D eigenvalue weighted by Gasteiger charge is -2.32. The van der Waals surface area contributed by atoms with E-state index in [-0.39, 0.29) is 54.8 Å². The lowest BCUT2D eigenvalue weighted by Crippen LogP contribution is -2.41. The maximum Gasteiger partial charge on any atom is 0.498 e. The van der Waals surface area contributed by atoms with Gasteiger partial charge in [0.1, 0.15) is 17.5 Å². The number of ether oxygens (including phenoxy) is 4. The van der Waals surface area contributed by atoms with E-state index in [1.165, 1.54) is 52.7 Å². The molecule has 14 nitrogen and oxygen atoms in total. The van der Waals surface area contributed by atoms with E-state index in [1.807, 2.05) is 83.1 Å². The summed E-state index contributed by atoms with van der Waals surface area (Å²) in [6.45, 7) is 22.9. The van der Waals surface area contributed by atoms with E-state index in [9.17, 15) is 27.6 Å². The van der Waals surface area contributed by atoms with Crippen molar-refractivity contribution in [2.75, 3.05) is 28.4 Å². The maximum absolute atomic E-state index is 14.9. The highest BCUT2D eigenvalue weighted by Crippen LogP contribution is 2.39. The van der Waals surface area contributed by atoms with E-state index >= 15 is 0 Å². The van der Waals surface area contributed by atoms with E-state index in [0.29, 0.717) is 16.7 Å². The molecule has 0 unspecified atom stereocenters. The third kappa shape index (κ3) is 12.0. The van der Waals surface area contributed by atoms with E-state index in [0.717, 1.165) is 0 Å². The Hall–Kier alpha value is -3.82. The van der Waals surface area contributed by atoms with Crippen molar-refractivity contribution >= 4 is 66.5 Å². The summed E-state index contributed by atoms with van der Waals surface area (Å²) in [4.78, 5) is 34.3. The lowest BCUT2D eigenvalue weighted by atomic mass is 9.74. The largest absolute Gasteiger partial charge is 0.498 e. The van der Waals surface area contributed by atoms with Crippen molar-refractivity contribution in [2.24, 2.45) is 0 Å². The molecule has 374 valence electrons. The Morgan fingerprint density at radius 2 is 0.750 bits per heavy atom. The number of hydrogen-bond acceptors (Lipinski definition) is 13. The summed E-state index contributed by atoms with van der Waals surface area (Å²) in [5.41, 5.74) is -2.48. The monoisotopic (exact) mass is 978 g/mol. The fourth-order valence-electron chi connectivity index (χ4n) is 6.97. The van der Waals surface area contributed by atoms with Gasteiger partial charge >= 0.3 is 33.3 Å². The fraction of sp³-hybridized carbons (Fsp3) is 0.553. The van der Waals surface area contributed by atoms with Gasteiger partial charge in [0.05, 0.1) is 77.2 Å². The van der Waals surface area contributed by atoms with E-state index < -0.39 is 95.2 Å². The summed E-state index contributed by atoms with van der Waals surface area (Å²) >= 11 is 5.44. The molecule has 68 heavy (non-hydrogen) atoms. The summed E-state index contributed by atoms with van der Waals surface area (Å²) in [6.07, 6.45) is 0. The third-order valence-electron chi connectivity index (χ3n) is 13.0. The molecular formula is C47H65B3ClF3O14. The Labute approximate surface area is 404 Å². The van der Waals surface area contributed by atoms with Crippen molar-refractivity contribution in [1.29, 1.82) is 0 Å². The van der Waals surface area contributed by atoms with Crippen molar-refractivity contribution in [2.45, 2.75) is 144 Å². The van der Waals surface area contributed by atoms with Gasteiger partial charge in [0.25, 0.3) is 5.24 Å². The normalized spacial score (nSPS) is 19.0. The highest BCUT2D eigenvalue weighted by atomic mass is 35.5. The summed E-state index contributed by atoms with van der Waals surface area (Å²) in [5, 5.41) is 8.24. The molecule has 0 atom stereocenters. The van der Waals surface area contributed by atoms with Gasteiger partial charge in [0.2, 0.25) is 0 Å². The Balaban J connectivity index is 0.000000268. The predicted molar refractivity (Wildman–Crippen MR) is 254 cm³/mol. The van der Waals surface area contributed by atoms with Crippen LogP contribution in [0.15, 0.2) is 36.4 Å². The molecule has 0 aliphatic carbocycles. The Kier molecular flexibility index (Phi) is 19.0. The van der Waals surface area contributed by atoms with Crippen LogP contribution < -0.4 is 16.4 Å². The van der Waals surface area contributed by atoms with Crippen LogP contribution >= 0.6 is 11.6 Å². The van der Waals surface area contributed by atoms with Crippen molar-refractivity contribution < 1.29 is 79.5 Å². The standard InChI is InChI=1S/C16H22BFO5.C15H19BClFO4.C15H20BFO5.CH4/c1-15(2)16(3,4)23-17(22-15)12-10(9-20-5)7-8-11(13(12)18)14(19)21-6;1-14(2)15(3,4)22-16(21-14)11-9(8-20-5)6-7-10(12(11)18)13(17)19;1-14(2)15(3,4)22-16(21-14)11-9(8-20-5)6-7-10(12(11)17)13(18)19;/h7-8H,9H2,1-6H3;6-7H,8H2,1-5H3;6-7H,8H2,1-5H3,(H,18,19);1H4. The SMILES string of the molecule is C.COCc1ccc(C(=O)Cl)c(F)c1B1OC(C)(C)C(C)(C)O1.COCc1ccc(C(=O)O)c(F)c1B1OC(C)(C)C(C)(C)O1.COCc1ccc(C(=O)OC)c(F)c1B1OC(C)(C)C(C)(C)O1. The van der Waals surface area contributed by atoms with E-state index in [4.69, 9.17) is 58.8 Å². The molecular weight excluding hydrogens is 913 g/mol. The molecule has 3 aliphatic rings. The number of rotatable bonds is 12. The van der Waals surface area contributed by atoms with Gasteiger partial charge in [-0.3, -0.25) is 4.79 Å². The van der Waals surface area contributed by atoms with Crippen molar-refractivity contribution in [1.82, 2.24) is 0 Å². The zero-order valence-electron chi connectivity index (χ0n) is 41.1. The first-order valence-electron chi connectivity index (χ1n) is 21.3. The molecule has 21 heteroatoms. The molecule has 6 rings (SSSR count). The Bertz CT molecular complexity index is 2170. The number of benzene rings is 3. The van der Waals surface area contributed by atoms with Crippen LogP contribution in [0, 0.1) is 17.5 Å². The van der Waals surface area contributed by atoms with Crippen LogP contribution in [-0.2, 0) is 66.7 Å².